The predicted molar refractivity (Wildman–Crippen MR) is 65.2 cm³/mol. The number of aryl methyl sites for hydroxylation is 1. The third-order valence-corrected chi connectivity index (χ3v) is 2.87. The smallest absolute Gasteiger partial charge is 0.128 e. The first-order valence-electron chi connectivity index (χ1n) is 5.80. The summed E-state index contributed by atoms with van der Waals surface area (Å²) in [5.74, 6) is -0.880. The Labute approximate surface area is 104 Å². The maximum absolute atomic E-state index is 13.7. The van der Waals surface area contributed by atoms with Crippen LogP contribution in [0.5, 0.6) is 0 Å². The zero-order valence-electron chi connectivity index (χ0n) is 10.3. The minimum absolute atomic E-state index is 0.285. The average Bonchev–Trinajstić information content (AvgIpc) is 2.83. The molecular weight excluding hydrogens is 236 g/mol. The summed E-state index contributed by atoms with van der Waals surface area (Å²) in [5, 5.41) is 7.12. The number of hydrogen-bond acceptors (Lipinski definition) is 2. The molecule has 1 aromatic carbocycles. The Bertz CT molecular complexity index is 537. The molecule has 1 unspecified atom stereocenters. The zero-order chi connectivity index (χ0) is 13.1. The van der Waals surface area contributed by atoms with E-state index in [-0.39, 0.29) is 5.56 Å². The topological polar surface area (TPSA) is 29.9 Å². The first-order valence-corrected chi connectivity index (χ1v) is 5.80. The zero-order valence-corrected chi connectivity index (χ0v) is 10.3. The monoisotopic (exact) mass is 251 g/mol. The number of aromatic nitrogens is 2. The van der Waals surface area contributed by atoms with Crippen LogP contribution in [0.4, 0.5) is 8.78 Å². The molecule has 0 bridgehead atoms. The standard InChI is InChI=1S/C13H15F2N3/c1-3-18-8-9(7-17-18)13(16-2)11-6-10(14)4-5-12(11)15/h4-8,13,16H,3H2,1-2H3. The highest BCUT2D eigenvalue weighted by Crippen LogP contribution is 2.24. The summed E-state index contributed by atoms with van der Waals surface area (Å²) in [6.07, 6.45) is 3.49. The second-order valence-electron chi connectivity index (χ2n) is 4.02. The summed E-state index contributed by atoms with van der Waals surface area (Å²) in [5.41, 5.74) is 1.09. The molecule has 2 aromatic rings. The molecule has 5 heteroatoms. The van der Waals surface area contributed by atoms with E-state index in [1.165, 1.54) is 6.07 Å². The number of nitrogens with one attached hydrogen (secondary N) is 1. The van der Waals surface area contributed by atoms with Crippen molar-refractivity contribution in [1.82, 2.24) is 15.1 Å². The van der Waals surface area contributed by atoms with Crippen molar-refractivity contribution in [3.63, 3.8) is 0 Å². The molecule has 96 valence electrons. The SMILES string of the molecule is CCn1cc(C(NC)c2cc(F)ccc2F)cn1. The third-order valence-electron chi connectivity index (χ3n) is 2.87. The van der Waals surface area contributed by atoms with E-state index in [0.29, 0.717) is 0 Å². The van der Waals surface area contributed by atoms with E-state index >= 15 is 0 Å². The number of benzene rings is 1. The summed E-state index contributed by atoms with van der Waals surface area (Å²) in [6, 6.07) is 3.06. The number of halogens is 2. The second-order valence-corrected chi connectivity index (χ2v) is 4.02. The van der Waals surface area contributed by atoms with Crippen LogP contribution in [-0.2, 0) is 6.54 Å². The lowest BCUT2D eigenvalue weighted by molar-refractivity contribution is 0.557. The molecule has 2 rings (SSSR count). The molecule has 1 aromatic heterocycles. The van der Waals surface area contributed by atoms with Crippen LogP contribution in [0.15, 0.2) is 30.6 Å². The third kappa shape index (κ3) is 2.41. The number of rotatable bonds is 4. The molecule has 3 nitrogen and oxygen atoms in total. The van der Waals surface area contributed by atoms with Crippen LogP contribution in [0.3, 0.4) is 0 Å². The van der Waals surface area contributed by atoms with Crippen molar-refractivity contribution in [1.29, 1.82) is 0 Å². The quantitative estimate of drug-likeness (QED) is 0.904. The Morgan fingerprint density at radius 3 is 2.78 bits per heavy atom. The fourth-order valence-corrected chi connectivity index (χ4v) is 1.94. The van der Waals surface area contributed by atoms with Crippen LogP contribution in [0.25, 0.3) is 0 Å². The lowest BCUT2D eigenvalue weighted by atomic mass is 10.0. The van der Waals surface area contributed by atoms with Gasteiger partial charge in [0.1, 0.15) is 11.6 Å². The van der Waals surface area contributed by atoms with Gasteiger partial charge in [0.25, 0.3) is 0 Å². The average molecular weight is 251 g/mol. The van der Waals surface area contributed by atoms with Crippen molar-refractivity contribution in [3.05, 3.63) is 53.4 Å². The van der Waals surface area contributed by atoms with E-state index in [9.17, 15) is 8.78 Å². The first-order chi connectivity index (χ1) is 8.65. The van der Waals surface area contributed by atoms with Crippen LogP contribution >= 0.6 is 0 Å². The van der Waals surface area contributed by atoms with Gasteiger partial charge in [0.2, 0.25) is 0 Å². The molecule has 1 heterocycles. The highest BCUT2D eigenvalue weighted by Gasteiger charge is 2.18. The van der Waals surface area contributed by atoms with Crippen molar-refractivity contribution in [2.75, 3.05) is 7.05 Å². The molecular formula is C13H15F2N3. The van der Waals surface area contributed by atoms with Gasteiger partial charge in [0.15, 0.2) is 0 Å². The Morgan fingerprint density at radius 2 is 2.17 bits per heavy atom. The molecule has 0 saturated heterocycles. The van der Waals surface area contributed by atoms with Gasteiger partial charge in [-0.3, -0.25) is 4.68 Å². The Morgan fingerprint density at radius 1 is 1.39 bits per heavy atom. The van der Waals surface area contributed by atoms with Crippen LogP contribution in [0, 0.1) is 11.6 Å². The molecule has 1 N–H and O–H groups in total. The van der Waals surface area contributed by atoms with Crippen LogP contribution in [0.1, 0.15) is 24.1 Å². The lowest BCUT2D eigenvalue weighted by Crippen LogP contribution is -2.18. The normalized spacial score (nSPS) is 12.7. The van der Waals surface area contributed by atoms with Gasteiger partial charge >= 0.3 is 0 Å². The van der Waals surface area contributed by atoms with Gasteiger partial charge in [-0.05, 0) is 32.2 Å². The summed E-state index contributed by atoms with van der Waals surface area (Å²) < 4.78 is 28.7. The highest BCUT2D eigenvalue weighted by molar-refractivity contribution is 5.30. The van der Waals surface area contributed by atoms with E-state index in [2.05, 4.69) is 10.4 Å². The van der Waals surface area contributed by atoms with Crippen molar-refractivity contribution in [2.24, 2.45) is 0 Å². The molecule has 0 aliphatic heterocycles. The summed E-state index contributed by atoms with van der Waals surface area (Å²) in [7, 11) is 1.71. The summed E-state index contributed by atoms with van der Waals surface area (Å²) in [4.78, 5) is 0. The Balaban J connectivity index is 2.41. The van der Waals surface area contributed by atoms with Gasteiger partial charge in [-0.25, -0.2) is 8.78 Å². The predicted octanol–water partition coefficient (Wildman–Crippen LogP) is 2.49. The minimum atomic E-state index is -0.450. The lowest BCUT2D eigenvalue weighted by Gasteiger charge is -2.15. The van der Waals surface area contributed by atoms with Crippen molar-refractivity contribution in [3.8, 4) is 0 Å². The van der Waals surface area contributed by atoms with Crippen molar-refractivity contribution >= 4 is 0 Å². The minimum Gasteiger partial charge on any atom is -0.309 e. The summed E-state index contributed by atoms with van der Waals surface area (Å²) >= 11 is 0. The molecule has 0 spiro atoms. The van der Waals surface area contributed by atoms with E-state index in [0.717, 1.165) is 24.2 Å². The van der Waals surface area contributed by atoms with Gasteiger partial charge in [0.05, 0.1) is 12.2 Å². The van der Waals surface area contributed by atoms with Gasteiger partial charge in [-0.1, -0.05) is 0 Å². The molecule has 0 aliphatic rings. The van der Waals surface area contributed by atoms with Gasteiger partial charge in [-0.15, -0.1) is 0 Å². The molecule has 18 heavy (non-hydrogen) atoms. The Kier molecular flexibility index (Phi) is 3.72. The van der Waals surface area contributed by atoms with Crippen molar-refractivity contribution in [2.45, 2.75) is 19.5 Å². The van der Waals surface area contributed by atoms with E-state index in [1.54, 1.807) is 17.9 Å². The molecule has 0 saturated carbocycles. The number of nitrogens with zero attached hydrogens (tertiary/aromatic N) is 2. The molecule has 1 atom stereocenters. The maximum Gasteiger partial charge on any atom is 0.128 e. The molecule has 0 fully saturated rings. The largest absolute Gasteiger partial charge is 0.309 e. The van der Waals surface area contributed by atoms with Gasteiger partial charge in [-0.2, -0.15) is 5.10 Å². The van der Waals surface area contributed by atoms with Crippen LogP contribution in [-0.4, -0.2) is 16.8 Å². The Hall–Kier alpha value is -1.75. The highest BCUT2D eigenvalue weighted by atomic mass is 19.1. The van der Waals surface area contributed by atoms with E-state index < -0.39 is 17.7 Å². The van der Waals surface area contributed by atoms with Crippen LogP contribution in [0.2, 0.25) is 0 Å². The fourth-order valence-electron chi connectivity index (χ4n) is 1.94. The fraction of sp³-hybridized carbons (Fsp3) is 0.308. The molecule has 0 aliphatic carbocycles. The van der Waals surface area contributed by atoms with Gasteiger partial charge < -0.3 is 5.32 Å². The first kappa shape index (κ1) is 12.7. The van der Waals surface area contributed by atoms with Gasteiger partial charge in [0, 0.05) is 23.9 Å². The van der Waals surface area contributed by atoms with E-state index in [1.807, 2.05) is 13.1 Å². The second kappa shape index (κ2) is 5.27. The molecule has 0 radical (unpaired) electrons. The van der Waals surface area contributed by atoms with Crippen molar-refractivity contribution < 1.29 is 8.78 Å². The number of hydrogen-bond donors (Lipinski definition) is 1. The summed E-state index contributed by atoms with van der Waals surface area (Å²) in [6.45, 7) is 2.70. The molecule has 0 amide bonds. The van der Waals surface area contributed by atoms with Crippen LogP contribution < -0.4 is 5.32 Å². The maximum atomic E-state index is 13.7. The van der Waals surface area contributed by atoms with E-state index in [4.69, 9.17) is 0 Å².